The molecule has 0 bridgehead atoms. The van der Waals surface area contributed by atoms with Gasteiger partial charge in [0, 0.05) is 25.2 Å². The van der Waals surface area contributed by atoms with Gasteiger partial charge in [0.25, 0.3) is 11.5 Å². The normalized spacial score (nSPS) is 17.0. The quantitative estimate of drug-likeness (QED) is 0.896. The predicted molar refractivity (Wildman–Crippen MR) is 95.0 cm³/mol. The Hall–Kier alpha value is -2.25. The number of benzene rings is 1. The largest absolute Gasteiger partial charge is 0.336 e. The number of likely N-dealkylation sites (N-methyl/N-ethyl adjacent to an activating group) is 1. The molecule has 0 radical (unpaired) electrons. The lowest BCUT2D eigenvalue weighted by Crippen LogP contribution is -2.47. The molecule has 1 aliphatic rings. The number of halogens is 2. The molecule has 1 N–H and O–H groups in total. The molecule has 2 aromatic rings. The molecule has 25 heavy (non-hydrogen) atoms. The molecule has 1 aromatic carbocycles. The molecule has 134 valence electrons. The third-order valence-corrected chi connectivity index (χ3v) is 4.21. The number of hydrogen-bond acceptors (Lipinski definition) is 4. The Bertz CT molecular complexity index is 794. The molecule has 1 fully saturated rings. The van der Waals surface area contributed by atoms with Crippen molar-refractivity contribution in [3.8, 4) is 5.69 Å². The first kappa shape index (κ1) is 19.1. The minimum absolute atomic E-state index is 0. The molecule has 0 saturated carbocycles. The number of hydrogen-bond donors (Lipinski definition) is 1. The van der Waals surface area contributed by atoms with Crippen LogP contribution < -0.4 is 10.9 Å². The molecular weight excluding hydrogens is 347 g/mol. The van der Waals surface area contributed by atoms with Crippen molar-refractivity contribution in [2.45, 2.75) is 18.9 Å². The summed E-state index contributed by atoms with van der Waals surface area (Å²) in [5.41, 5.74) is 0.253. The van der Waals surface area contributed by atoms with Gasteiger partial charge in [-0.05, 0) is 50.2 Å². The molecule has 0 spiro atoms. The summed E-state index contributed by atoms with van der Waals surface area (Å²) in [5.74, 6) is -0.601. The molecule has 1 aromatic heterocycles. The fourth-order valence-electron chi connectivity index (χ4n) is 2.85. The van der Waals surface area contributed by atoms with Gasteiger partial charge in [0.05, 0.1) is 5.69 Å². The first-order valence-corrected chi connectivity index (χ1v) is 7.91. The van der Waals surface area contributed by atoms with Crippen LogP contribution in [0.4, 0.5) is 4.39 Å². The standard InChI is InChI=1S/C17H19FN4O2.ClH/c1-19-13-3-2-10-21(11-13)17(24)15-8-9-16(23)22(20-15)14-6-4-12(18)5-7-14;/h4-9,13,19H,2-3,10-11H2,1H3;1H. The van der Waals surface area contributed by atoms with Crippen LogP contribution in [-0.4, -0.2) is 46.8 Å². The van der Waals surface area contributed by atoms with Gasteiger partial charge in [-0.2, -0.15) is 9.78 Å². The number of amides is 1. The zero-order valence-corrected chi connectivity index (χ0v) is 14.6. The number of carbonyl (C=O) groups is 1. The van der Waals surface area contributed by atoms with Gasteiger partial charge in [0.1, 0.15) is 11.5 Å². The Morgan fingerprint density at radius 1 is 1.24 bits per heavy atom. The summed E-state index contributed by atoms with van der Waals surface area (Å²) in [7, 11) is 1.88. The van der Waals surface area contributed by atoms with E-state index >= 15 is 0 Å². The van der Waals surface area contributed by atoms with Gasteiger partial charge < -0.3 is 10.2 Å². The lowest BCUT2D eigenvalue weighted by molar-refractivity contribution is 0.0690. The second kappa shape index (κ2) is 8.22. The summed E-state index contributed by atoms with van der Waals surface area (Å²) in [5, 5.41) is 7.36. The maximum atomic E-state index is 13.0. The van der Waals surface area contributed by atoms with Crippen molar-refractivity contribution in [2.75, 3.05) is 20.1 Å². The Morgan fingerprint density at radius 3 is 2.64 bits per heavy atom. The Morgan fingerprint density at radius 2 is 1.96 bits per heavy atom. The third-order valence-electron chi connectivity index (χ3n) is 4.21. The van der Waals surface area contributed by atoms with Crippen molar-refractivity contribution in [2.24, 2.45) is 0 Å². The van der Waals surface area contributed by atoms with E-state index in [2.05, 4.69) is 10.4 Å². The fraction of sp³-hybridized carbons (Fsp3) is 0.353. The maximum Gasteiger partial charge on any atom is 0.274 e. The first-order chi connectivity index (χ1) is 11.6. The van der Waals surface area contributed by atoms with Crippen molar-refractivity contribution >= 4 is 18.3 Å². The summed E-state index contributed by atoms with van der Waals surface area (Å²) < 4.78 is 14.2. The van der Waals surface area contributed by atoms with Crippen LogP contribution in [0.2, 0.25) is 0 Å². The molecule has 6 nitrogen and oxygen atoms in total. The molecule has 8 heteroatoms. The van der Waals surface area contributed by atoms with Crippen molar-refractivity contribution in [1.82, 2.24) is 20.0 Å². The topological polar surface area (TPSA) is 67.2 Å². The zero-order valence-electron chi connectivity index (χ0n) is 13.8. The molecule has 2 heterocycles. The maximum absolute atomic E-state index is 13.0. The second-order valence-electron chi connectivity index (χ2n) is 5.82. The second-order valence-corrected chi connectivity index (χ2v) is 5.82. The highest BCUT2D eigenvalue weighted by atomic mass is 35.5. The van der Waals surface area contributed by atoms with Crippen LogP contribution in [0.15, 0.2) is 41.2 Å². The van der Waals surface area contributed by atoms with E-state index in [0.717, 1.165) is 17.5 Å². The molecule has 1 saturated heterocycles. The number of carbonyl (C=O) groups excluding carboxylic acids is 1. The number of likely N-dealkylation sites (tertiary alicyclic amines) is 1. The molecular formula is C17H20ClFN4O2. The van der Waals surface area contributed by atoms with Crippen molar-refractivity contribution < 1.29 is 9.18 Å². The molecule has 1 aliphatic heterocycles. The van der Waals surface area contributed by atoms with Crippen LogP contribution in [0.1, 0.15) is 23.3 Å². The SMILES string of the molecule is CNC1CCCN(C(=O)c2ccc(=O)n(-c3ccc(F)cc3)n2)C1.Cl. The first-order valence-electron chi connectivity index (χ1n) is 7.91. The number of rotatable bonds is 3. The van der Waals surface area contributed by atoms with Crippen LogP contribution in [0.5, 0.6) is 0 Å². The molecule has 1 unspecified atom stereocenters. The van der Waals surface area contributed by atoms with E-state index < -0.39 is 5.82 Å². The number of nitrogens with one attached hydrogen (secondary N) is 1. The highest BCUT2D eigenvalue weighted by molar-refractivity contribution is 5.92. The van der Waals surface area contributed by atoms with Crippen LogP contribution >= 0.6 is 12.4 Å². The molecule has 3 rings (SSSR count). The molecule has 1 amide bonds. The minimum atomic E-state index is -0.398. The highest BCUT2D eigenvalue weighted by Gasteiger charge is 2.24. The summed E-state index contributed by atoms with van der Waals surface area (Å²) in [4.78, 5) is 26.4. The van der Waals surface area contributed by atoms with E-state index in [1.54, 1.807) is 4.90 Å². The van der Waals surface area contributed by atoms with Gasteiger partial charge in [-0.3, -0.25) is 9.59 Å². The Kier molecular flexibility index (Phi) is 6.27. The van der Waals surface area contributed by atoms with E-state index in [1.165, 1.54) is 36.4 Å². The van der Waals surface area contributed by atoms with Gasteiger partial charge in [-0.25, -0.2) is 4.39 Å². The van der Waals surface area contributed by atoms with Crippen LogP contribution in [0, 0.1) is 5.82 Å². The predicted octanol–water partition coefficient (Wildman–Crippen LogP) is 1.62. The van der Waals surface area contributed by atoms with E-state index in [0.29, 0.717) is 18.8 Å². The van der Waals surface area contributed by atoms with Gasteiger partial charge in [0.2, 0.25) is 0 Å². The lowest BCUT2D eigenvalue weighted by atomic mass is 10.1. The zero-order chi connectivity index (χ0) is 17.1. The highest BCUT2D eigenvalue weighted by Crippen LogP contribution is 2.13. The monoisotopic (exact) mass is 366 g/mol. The minimum Gasteiger partial charge on any atom is -0.336 e. The summed E-state index contributed by atoms with van der Waals surface area (Å²) in [6, 6.07) is 8.42. The van der Waals surface area contributed by atoms with Crippen molar-refractivity contribution in [3.63, 3.8) is 0 Å². The van der Waals surface area contributed by atoms with E-state index in [-0.39, 0.29) is 35.6 Å². The molecule has 0 aliphatic carbocycles. The Labute approximate surface area is 151 Å². The van der Waals surface area contributed by atoms with E-state index in [9.17, 15) is 14.0 Å². The number of aromatic nitrogens is 2. The smallest absolute Gasteiger partial charge is 0.274 e. The van der Waals surface area contributed by atoms with E-state index in [4.69, 9.17) is 0 Å². The summed E-state index contributed by atoms with van der Waals surface area (Å²) in [6.45, 7) is 1.29. The number of nitrogens with zero attached hydrogens (tertiary/aromatic N) is 3. The summed E-state index contributed by atoms with van der Waals surface area (Å²) >= 11 is 0. The van der Waals surface area contributed by atoms with E-state index in [1.807, 2.05) is 7.05 Å². The average Bonchev–Trinajstić information content (AvgIpc) is 2.62. The van der Waals surface area contributed by atoms with Gasteiger partial charge in [-0.1, -0.05) is 0 Å². The van der Waals surface area contributed by atoms with Crippen LogP contribution in [0.25, 0.3) is 5.69 Å². The van der Waals surface area contributed by atoms with Crippen LogP contribution in [-0.2, 0) is 0 Å². The average molecular weight is 367 g/mol. The fourth-order valence-corrected chi connectivity index (χ4v) is 2.85. The third kappa shape index (κ3) is 4.24. The summed E-state index contributed by atoms with van der Waals surface area (Å²) in [6.07, 6.45) is 1.96. The van der Waals surface area contributed by atoms with Gasteiger partial charge in [-0.15, -0.1) is 12.4 Å². The van der Waals surface area contributed by atoms with Gasteiger partial charge >= 0.3 is 0 Å². The Balaban J connectivity index is 0.00000225. The van der Waals surface area contributed by atoms with Crippen molar-refractivity contribution in [1.29, 1.82) is 0 Å². The lowest BCUT2D eigenvalue weighted by Gasteiger charge is -2.32. The van der Waals surface area contributed by atoms with Gasteiger partial charge in [0.15, 0.2) is 0 Å². The number of piperidine rings is 1. The molecule has 1 atom stereocenters. The van der Waals surface area contributed by atoms with Crippen LogP contribution in [0.3, 0.4) is 0 Å². The van der Waals surface area contributed by atoms with Crippen molar-refractivity contribution in [3.05, 3.63) is 58.3 Å².